The van der Waals surface area contributed by atoms with Gasteiger partial charge in [-0.2, -0.15) is 0 Å². The average molecular weight is 374 g/mol. The second-order valence-corrected chi connectivity index (χ2v) is 7.76. The van der Waals surface area contributed by atoms with Crippen molar-refractivity contribution in [3.63, 3.8) is 0 Å². The van der Waals surface area contributed by atoms with E-state index in [0.717, 1.165) is 6.42 Å². The molecule has 6 heteroatoms. The van der Waals surface area contributed by atoms with E-state index < -0.39 is 6.10 Å². The molecule has 0 saturated heterocycles. The van der Waals surface area contributed by atoms with Gasteiger partial charge in [-0.15, -0.1) is 0 Å². The molecule has 0 radical (unpaired) electrons. The van der Waals surface area contributed by atoms with E-state index in [1.807, 2.05) is 34.6 Å². The van der Waals surface area contributed by atoms with Crippen LogP contribution >= 0.6 is 0 Å². The molecule has 0 fully saturated rings. The summed E-state index contributed by atoms with van der Waals surface area (Å²) in [6.07, 6.45) is 0.548. The van der Waals surface area contributed by atoms with Crippen molar-refractivity contribution in [1.82, 2.24) is 5.32 Å². The monoisotopic (exact) mass is 374 g/mol. The van der Waals surface area contributed by atoms with Crippen molar-refractivity contribution in [3.05, 3.63) is 23.8 Å². The van der Waals surface area contributed by atoms with Gasteiger partial charge in [0.05, 0.1) is 5.69 Å². The fraction of sp³-hybridized carbons (Fsp3) is 0.571. The Balaban J connectivity index is 2.34. The Bertz CT molecular complexity index is 712. The molecule has 0 spiro atoms. The number of nitrogens with one attached hydrogen (secondary N) is 1. The first-order valence-electron chi connectivity index (χ1n) is 9.66. The van der Waals surface area contributed by atoms with Crippen molar-refractivity contribution in [1.29, 1.82) is 0 Å². The maximum Gasteiger partial charge on any atom is 0.268 e. The van der Waals surface area contributed by atoms with Gasteiger partial charge < -0.3 is 10.1 Å². The number of amides is 2. The van der Waals surface area contributed by atoms with Crippen LogP contribution in [0.2, 0.25) is 0 Å². The Hall–Kier alpha value is -2.37. The van der Waals surface area contributed by atoms with Crippen molar-refractivity contribution < 1.29 is 19.1 Å². The number of rotatable bonds is 8. The second kappa shape index (κ2) is 9.02. The van der Waals surface area contributed by atoms with Crippen molar-refractivity contribution in [3.8, 4) is 5.75 Å². The van der Waals surface area contributed by atoms with Gasteiger partial charge in [-0.05, 0) is 36.5 Å². The number of ketones is 1. The number of Topliss-reactive ketones (excluding diaryl/α,β-unsaturated/α-hetero) is 1. The van der Waals surface area contributed by atoms with Crippen molar-refractivity contribution in [2.45, 2.75) is 53.6 Å². The third-order valence-electron chi connectivity index (χ3n) is 4.43. The Labute approximate surface area is 161 Å². The summed E-state index contributed by atoms with van der Waals surface area (Å²) in [4.78, 5) is 39.0. The molecule has 1 heterocycles. The molecule has 0 saturated carbocycles. The number of nitrogens with zero attached hydrogens (tertiary/aromatic N) is 1. The molecule has 27 heavy (non-hydrogen) atoms. The third-order valence-corrected chi connectivity index (χ3v) is 4.43. The first kappa shape index (κ1) is 20.9. The summed E-state index contributed by atoms with van der Waals surface area (Å²) in [6, 6.07) is 5.11. The molecule has 0 aromatic heterocycles. The number of carbonyl (C=O) groups is 3. The van der Waals surface area contributed by atoms with Gasteiger partial charge in [0.25, 0.3) is 5.91 Å². The number of ether oxygens (including phenoxy) is 1. The normalized spacial score (nSPS) is 16.3. The number of hydrogen-bond acceptors (Lipinski definition) is 4. The first-order valence-corrected chi connectivity index (χ1v) is 9.66. The number of carbonyl (C=O) groups excluding carboxylic acids is 3. The van der Waals surface area contributed by atoms with Crippen LogP contribution in [0.5, 0.6) is 5.75 Å². The van der Waals surface area contributed by atoms with Crippen LogP contribution in [-0.4, -0.2) is 36.8 Å². The second-order valence-electron chi connectivity index (χ2n) is 7.76. The molecular formula is C21H30N2O4. The van der Waals surface area contributed by atoms with Gasteiger partial charge in [0.15, 0.2) is 11.9 Å². The van der Waals surface area contributed by atoms with Crippen LogP contribution in [0.25, 0.3) is 0 Å². The fourth-order valence-electron chi connectivity index (χ4n) is 2.93. The maximum atomic E-state index is 12.9. The Morgan fingerprint density at radius 3 is 2.52 bits per heavy atom. The van der Waals surface area contributed by atoms with E-state index in [9.17, 15) is 14.4 Å². The van der Waals surface area contributed by atoms with Gasteiger partial charge in [-0.25, -0.2) is 0 Å². The number of fused-ring (bicyclic) bond motifs is 1. The van der Waals surface area contributed by atoms with Crippen molar-refractivity contribution in [2.24, 2.45) is 11.8 Å². The lowest BCUT2D eigenvalue weighted by atomic mass is 10.0. The van der Waals surface area contributed by atoms with E-state index in [0.29, 0.717) is 35.9 Å². The number of anilines is 1. The van der Waals surface area contributed by atoms with Gasteiger partial charge in [0.1, 0.15) is 12.3 Å². The Morgan fingerprint density at radius 1 is 1.22 bits per heavy atom. The first-order chi connectivity index (χ1) is 12.7. The SMILES string of the molecule is CCCC(=O)c1ccc2c(c1)N(CC(=O)NCC(C)C)C(=O)C(C(C)C)O2. The largest absolute Gasteiger partial charge is 0.478 e. The van der Waals surface area contributed by atoms with E-state index in [4.69, 9.17) is 4.74 Å². The minimum absolute atomic E-state index is 0.0166. The van der Waals surface area contributed by atoms with E-state index >= 15 is 0 Å². The lowest BCUT2D eigenvalue weighted by Gasteiger charge is -2.36. The molecule has 0 bridgehead atoms. The molecule has 0 aliphatic carbocycles. The summed E-state index contributed by atoms with van der Waals surface area (Å²) in [5.74, 6) is 0.354. The smallest absolute Gasteiger partial charge is 0.268 e. The van der Waals surface area contributed by atoms with Crippen LogP contribution < -0.4 is 15.0 Å². The maximum absolute atomic E-state index is 12.9. The Kier molecular flexibility index (Phi) is 6.99. The van der Waals surface area contributed by atoms with Crippen LogP contribution in [0.1, 0.15) is 57.8 Å². The highest BCUT2D eigenvalue weighted by Crippen LogP contribution is 2.36. The third kappa shape index (κ3) is 5.08. The van der Waals surface area contributed by atoms with Gasteiger partial charge in [0.2, 0.25) is 5.91 Å². The van der Waals surface area contributed by atoms with Gasteiger partial charge >= 0.3 is 0 Å². The quantitative estimate of drug-likeness (QED) is 0.709. The summed E-state index contributed by atoms with van der Waals surface area (Å²) in [7, 11) is 0. The lowest BCUT2D eigenvalue weighted by Crippen LogP contribution is -2.51. The summed E-state index contributed by atoms with van der Waals surface area (Å²) in [5, 5.41) is 2.84. The van der Waals surface area contributed by atoms with E-state index in [2.05, 4.69) is 5.32 Å². The molecule has 1 atom stereocenters. The predicted molar refractivity (Wildman–Crippen MR) is 105 cm³/mol. The molecule has 1 aliphatic heterocycles. The molecular weight excluding hydrogens is 344 g/mol. The van der Waals surface area contributed by atoms with Gasteiger partial charge in [0, 0.05) is 18.5 Å². The number of hydrogen-bond donors (Lipinski definition) is 1. The number of benzene rings is 1. The molecule has 2 amide bonds. The fourth-order valence-corrected chi connectivity index (χ4v) is 2.93. The highest BCUT2D eigenvalue weighted by molar-refractivity contribution is 6.05. The predicted octanol–water partition coefficient (Wildman–Crippen LogP) is 3.19. The van der Waals surface area contributed by atoms with Crippen molar-refractivity contribution >= 4 is 23.3 Å². The molecule has 1 aromatic rings. The van der Waals surface area contributed by atoms with Crippen LogP contribution in [-0.2, 0) is 9.59 Å². The highest BCUT2D eigenvalue weighted by atomic mass is 16.5. The molecule has 1 aliphatic rings. The summed E-state index contributed by atoms with van der Waals surface area (Å²) in [5.41, 5.74) is 1.01. The van der Waals surface area contributed by atoms with Gasteiger partial charge in [-0.3, -0.25) is 19.3 Å². The molecule has 1 N–H and O–H groups in total. The zero-order valence-electron chi connectivity index (χ0n) is 16.9. The summed E-state index contributed by atoms with van der Waals surface area (Å²) >= 11 is 0. The highest BCUT2D eigenvalue weighted by Gasteiger charge is 2.37. The molecule has 6 nitrogen and oxygen atoms in total. The summed E-state index contributed by atoms with van der Waals surface area (Å²) in [6.45, 7) is 10.2. The molecule has 148 valence electrons. The Morgan fingerprint density at radius 2 is 1.93 bits per heavy atom. The zero-order valence-corrected chi connectivity index (χ0v) is 16.9. The standard InChI is InChI=1S/C21H30N2O4/c1-6-7-17(24)15-8-9-18-16(10-15)23(12-19(25)22-11-13(2)3)21(26)20(27-18)14(4)5/h8-10,13-14,20H,6-7,11-12H2,1-5H3,(H,22,25). The minimum atomic E-state index is -0.646. The van der Waals surface area contributed by atoms with E-state index in [-0.39, 0.29) is 30.1 Å². The van der Waals surface area contributed by atoms with Crippen LogP contribution in [0.4, 0.5) is 5.69 Å². The summed E-state index contributed by atoms with van der Waals surface area (Å²) < 4.78 is 5.88. The zero-order chi connectivity index (χ0) is 20.1. The van der Waals surface area contributed by atoms with Gasteiger partial charge in [-0.1, -0.05) is 34.6 Å². The lowest BCUT2D eigenvalue weighted by molar-refractivity contribution is -0.130. The van der Waals surface area contributed by atoms with Crippen molar-refractivity contribution in [2.75, 3.05) is 18.0 Å². The van der Waals surface area contributed by atoms with Crippen LogP contribution in [0.15, 0.2) is 18.2 Å². The van der Waals surface area contributed by atoms with Crippen LogP contribution in [0.3, 0.4) is 0 Å². The molecule has 1 unspecified atom stereocenters. The molecule has 2 rings (SSSR count). The van der Waals surface area contributed by atoms with E-state index in [1.165, 1.54) is 4.90 Å². The average Bonchev–Trinajstić information content (AvgIpc) is 2.61. The van der Waals surface area contributed by atoms with E-state index in [1.54, 1.807) is 18.2 Å². The molecule has 1 aromatic carbocycles. The van der Waals surface area contributed by atoms with Crippen LogP contribution in [0, 0.1) is 11.8 Å². The minimum Gasteiger partial charge on any atom is -0.478 e. The topological polar surface area (TPSA) is 75.7 Å².